The molecule has 2 aromatic heterocycles. The maximum atomic E-state index is 10.2. The Hall–Kier alpha value is -3.85. The number of hydrogen-bond donors (Lipinski definition) is 1. The van der Waals surface area contributed by atoms with Gasteiger partial charge in [-0.3, -0.25) is 4.40 Å². The lowest BCUT2D eigenvalue weighted by Gasteiger charge is -2.34. The van der Waals surface area contributed by atoms with E-state index in [2.05, 4.69) is 51.8 Å². The summed E-state index contributed by atoms with van der Waals surface area (Å²) in [4.78, 5) is 8.86. The first-order valence-corrected chi connectivity index (χ1v) is 12.3. The summed E-state index contributed by atoms with van der Waals surface area (Å²) < 4.78 is 2.17. The third kappa shape index (κ3) is 3.91. The lowest BCUT2D eigenvalue weighted by atomic mass is 10.0. The molecular weight excluding hydrogens is 454 g/mol. The number of nitrogens with zero attached hydrogens (tertiary/aromatic N) is 4. The van der Waals surface area contributed by atoms with Gasteiger partial charge in [0, 0.05) is 16.1 Å². The van der Waals surface area contributed by atoms with Crippen molar-refractivity contribution in [2.75, 3.05) is 31.1 Å². The average molecular weight is 479 g/mol. The van der Waals surface area contributed by atoms with Crippen LogP contribution in [-0.4, -0.2) is 35.6 Å². The summed E-state index contributed by atoms with van der Waals surface area (Å²) in [6.07, 6.45) is 0. The second-order valence-corrected chi connectivity index (χ2v) is 9.44. The largest absolute Gasteiger partial charge is 0.346 e. The van der Waals surface area contributed by atoms with Crippen LogP contribution in [0.25, 0.3) is 27.8 Å². The van der Waals surface area contributed by atoms with E-state index in [1.807, 2.05) is 48.5 Å². The summed E-state index contributed by atoms with van der Waals surface area (Å²) in [6.45, 7) is 4.79. The topological polar surface area (TPSA) is 48.8 Å². The first-order chi connectivity index (χ1) is 17.2. The van der Waals surface area contributed by atoms with Crippen LogP contribution < -0.4 is 9.80 Å². The predicted octanol–water partition coefficient (Wildman–Crippen LogP) is 4.58. The Morgan fingerprint density at radius 3 is 2.40 bits per heavy atom. The van der Waals surface area contributed by atoms with Crippen LogP contribution >= 0.6 is 11.6 Å². The molecule has 1 fully saturated rings. The van der Waals surface area contributed by atoms with Gasteiger partial charge in [-0.05, 0) is 29.8 Å². The van der Waals surface area contributed by atoms with Crippen LogP contribution in [0.5, 0.6) is 0 Å². The van der Waals surface area contributed by atoms with Crippen molar-refractivity contribution in [2.24, 2.45) is 0 Å². The van der Waals surface area contributed by atoms with Gasteiger partial charge in [0.2, 0.25) is 0 Å². The predicted molar refractivity (Wildman–Crippen MR) is 141 cm³/mol. The average Bonchev–Trinajstić information content (AvgIpc) is 3.30. The van der Waals surface area contributed by atoms with E-state index in [-0.39, 0.29) is 0 Å². The van der Waals surface area contributed by atoms with Gasteiger partial charge in [-0.15, -0.1) is 0 Å². The van der Waals surface area contributed by atoms with Crippen molar-refractivity contribution in [3.63, 3.8) is 0 Å². The second kappa shape index (κ2) is 9.07. The molecule has 0 aliphatic carbocycles. The van der Waals surface area contributed by atoms with Crippen LogP contribution in [-0.2, 0) is 6.54 Å². The summed E-state index contributed by atoms with van der Waals surface area (Å²) >= 11 is 6.42. The van der Waals surface area contributed by atoms with E-state index < -0.39 is 0 Å². The molecule has 1 aliphatic heterocycles. The number of aromatic nitrogens is 2. The zero-order valence-corrected chi connectivity index (χ0v) is 20.0. The van der Waals surface area contributed by atoms with Gasteiger partial charge >= 0.3 is 0 Å². The molecule has 5 aromatic rings. The van der Waals surface area contributed by atoms with Gasteiger partial charge in [0.05, 0.1) is 37.2 Å². The van der Waals surface area contributed by atoms with Gasteiger partial charge in [-0.1, -0.05) is 72.3 Å². The monoisotopic (exact) mass is 478 g/mol. The molecule has 0 atom stereocenters. The van der Waals surface area contributed by atoms with Gasteiger partial charge in [0.15, 0.2) is 5.65 Å². The van der Waals surface area contributed by atoms with Crippen LogP contribution in [0.3, 0.4) is 0 Å². The van der Waals surface area contributed by atoms with Gasteiger partial charge in [-0.2, -0.15) is 5.26 Å². The third-order valence-electron chi connectivity index (χ3n) is 6.95. The number of nitriles is 1. The molecule has 6 heteroatoms. The maximum Gasteiger partial charge on any atom is 0.158 e. The first-order valence-electron chi connectivity index (χ1n) is 11.9. The first kappa shape index (κ1) is 21.7. The molecule has 0 amide bonds. The van der Waals surface area contributed by atoms with Crippen LogP contribution in [0.4, 0.5) is 5.82 Å². The zero-order valence-electron chi connectivity index (χ0n) is 19.3. The van der Waals surface area contributed by atoms with Gasteiger partial charge in [-0.25, -0.2) is 4.98 Å². The molecule has 6 rings (SSSR count). The number of fused-ring (bicyclic) bond motifs is 3. The lowest BCUT2D eigenvalue weighted by molar-refractivity contribution is -0.914. The maximum absolute atomic E-state index is 10.2. The molecule has 1 N–H and O–H groups in total. The standard InChI is InChI=1S/C29H24ClN5/c30-25-11-5-4-10-22(25)20-33-14-16-34(17-15-33)28-18-23(21-8-2-1-3-9-21)24(19-31)29-32-26-12-6-7-13-27(26)35(28)29/h1-13,18H,14-17,20H2/p+1. The fourth-order valence-electron chi connectivity index (χ4n) is 5.14. The molecular formula is C29H25ClN5+. The van der Waals surface area contributed by atoms with E-state index in [1.54, 1.807) is 0 Å². The van der Waals surface area contributed by atoms with E-state index in [0.29, 0.717) is 5.56 Å². The lowest BCUT2D eigenvalue weighted by Crippen LogP contribution is -3.13. The Bertz CT molecular complexity index is 1560. The molecule has 5 nitrogen and oxygen atoms in total. The van der Waals surface area contributed by atoms with Gasteiger partial charge in [0.25, 0.3) is 0 Å². The van der Waals surface area contributed by atoms with Crippen molar-refractivity contribution in [3.05, 3.63) is 101 Å². The molecule has 1 saturated heterocycles. The smallest absolute Gasteiger partial charge is 0.158 e. The van der Waals surface area contributed by atoms with Crippen LogP contribution in [0.1, 0.15) is 11.1 Å². The molecule has 0 saturated carbocycles. The van der Waals surface area contributed by atoms with Crippen molar-refractivity contribution in [1.82, 2.24) is 9.38 Å². The molecule has 3 heterocycles. The number of halogens is 1. The Labute approximate surface area is 209 Å². The fourth-order valence-corrected chi connectivity index (χ4v) is 5.34. The van der Waals surface area contributed by atoms with Crippen LogP contribution in [0.15, 0.2) is 84.9 Å². The number of piperazine rings is 1. The molecule has 0 spiro atoms. The normalized spacial score (nSPS) is 14.5. The molecule has 172 valence electrons. The Balaban J connectivity index is 1.42. The minimum Gasteiger partial charge on any atom is -0.346 e. The number of imidazole rings is 1. The zero-order chi connectivity index (χ0) is 23.8. The Morgan fingerprint density at radius 1 is 0.914 bits per heavy atom. The highest BCUT2D eigenvalue weighted by molar-refractivity contribution is 6.31. The summed E-state index contributed by atoms with van der Waals surface area (Å²) in [5, 5.41) is 11.0. The van der Waals surface area contributed by atoms with Crippen molar-refractivity contribution < 1.29 is 4.90 Å². The van der Waals surface area contributed by atoms with E-state index in [1.165, 1.54) is 10.5 Å². The number of pyridine rings is 1. The number of hydrogen-bond acceptors (Lipinski definition) is 3. The van der Waals surface area contributed by atoms with Crippen molar-refractivity contribution >= 4 is 34.1 Å². The highest BCUT2D eigenvalue weighted by Crippen LogP contribution is 2.34. The van der Waals surface area contributed by atoms with Gasteiger partial charge in [0.1, 0.15) is 24.0 Å². The summed E-state index contributed by atoms with van der Waals surface area (Å²) in [7, 11) is 0. The third-order valence-corrected chi connectivity index (χ3v) is 7.31. The number of nitrogens with one attached hydrogen (secondary N) is 1. The molecule has 0 unspecified atom stereocenters. The molecule has 0 radical (unpaired) electrons. The number of benzene rings is 3. The SMILES string of the molecule is N#Cc1c(-c2ccccc2)cc(N2CC[NH+](Cc3ccccc3Cl)CC2)n2c1nc1ccccc12. The molecule has 35 heavy (non-hydrogen) atoms. The molecule has 0 bridgehead atoms. The van der Waals surface area contributed by atoms with E-state index in [9.17, 15) is 5.26 Å². The number of quaternary nitrogens is 1. The summed E-state index contributed by atoms with van der Waals surface area (Å²) in [5.74, 6) is 1.09. The van der Waals surface area contributed by atoms with Crippen molar-refractivity contribution in [3.8, 4) is 17.2 Å². The molecule has 1 aliphatic rings. The fraction of sp³-hybridized carbons (Fsp3) is 0.172. The number of rotatable bonds is 4. The summed E-state index contributed by atoms with van der Waals surface area (Å²) in [5.41, 5.74) is 6.41. The molecule has 3 aromatic carbocycles. The van der Waals surface area contributed by atoms with E-state index in [0.717, 1.165) is 71.4 Å². The second-order valence-electron chi connectivity index (χ2n) is 9.03. The highest BCUT2D eigenvalue weighted by atomic mass is 35.5. The minimum atomic E-state index is 0.610. The quantitative estimate of drug-likeness (QED) is 0.411. The number of anilines is 1. The van der Waals surface area contributed by atoms with Gasteiger partial charge < -0.3 is 9.80 Å². The number of para-hydroxylation sites is 2. The highest BCUT2D eigenvalue weighted by Gasteiger charge is 2.26. The van der Waals surface area contributed by atoms with E-state index >= 15 is 0 Å². The summed E-state index contributed by atoms with van der Waals surface area (Å²) in [6, 6.07) is 31.0. The van der Waals surface area contributed by atoms with Crippen molar-refractivity contribution in [2.45, 2.75) is 6.54 Å². The van der Waals surface area contributed by atoms with Crippen molar-refractivity contribution in [1.29, 1.82) is 5.26 Å². The Kier molecular flexibility index (Phi) is 5.61. The van der Waals surface area contributed by atoms with E-state index in [4.69, 9.17) is 16.6 Å². The van der Waals surface area contributed by atoms with Crippen LogP contribution in [0, 0.1) is 11.3 Å². The van der Waals surface area contributed by atoms with Crippen LogP contribution in [0.2, 0.25) is 5.02 Å². The minimum absolute atomic E-state index is 0.610. The Morgan fingerprint density at radius 2 is 1.63 bits per heavy atom.